The minimum absolute atomic E-state index is 0.0164. The van der Waals surface area contributed by atoms with Crippen LogP contribution in [0, 0.1) is 0 Å². The maximum atomic E-state index is 11.7. The van der Waals surface area contributed by atoms with Crippen molar-refractivity contribution in [1.82, 2.24) is 4.90 Å². The van der Waals surface area contributed by atoms with E-state index in [4.69, 9.17) is 4.42 Å². The highest BCUT2D eigenvalue weighted by Crippen LogP contribution is 2.09. The van der Waals surface area contributed by atoms with Crippen molar-refractivity contribution in [3.63, 3.8) is 0 Å². The van der Waals surface area contributed by atoms with Gasteiger partial charge in [-0.05, 0) is 41.6 Å². The summed E-state index contributed by atoms with van der Waals surface area (Å²) >= 11 is 1.67. The van der Waals surface area contributed by atoms with Crippen LogP contribution >= 0.6 is 11.3 Å². The molecule has 2 rings (SSSR count). The summed E-state index contributed by atoms with van der Waals surface area (Å²) in [5.41, 5.74) is 1.24. The van der Waals surface area contributed by atoms with Crippen molar-refractivity contribution in [2.24, 2.45) is 0 Å². The van der Waals surface area contributed by atoms with E-state index in [0.717, 1.165) is 6.54 Å². The predicted octanol–water partition coefficient (Wildman–Crippen LogP) is 2.66. The van der Waals surface area contributed by atoms with Crippen LogP contribution in [0.25, 0.3) is 0 Å². The third-order valence-electron chi connectivity index (χ3n) is 2.24. The van der Waals surface area contributed by atoms with Crippen molar-refractivity contribution in [3.05, 3.63) is 46.5 Å². The minimum atomic E-state index is 0.0164. The van der Waals surface area contributed by atoms with Gasteiger partial charge in [0, 0.05) is 6.54 Å². The monoisotopic (exact) mass is 235 g/mol. The van der Waals surface area contributed by atoms with E-state index < -0.39 is 0 Å². The van der Waals surface area contributed by atoms with E-state index in [2.05, 4.69) is 11.4 Å². The molecule has 4 heteroatoms. The van der Waals surface area contributed by atoms with E-state index in [1.54, 1.807) is 23.5 Å². The molecular weight excluding hydrogens is 222 g/mol. The molecule has 0 saturated heterocycles. The Morgan fingerprint density at radius 1 is 1.50 bits per heavy atom. The molecule has 0 aliphatic heterocycles. The summed E-state index contributed by atoms with van der Waals surface area (Å²) in [4.78, 5) is 13.7. The standard InChI is InChI=1S/C12H13NO2S/c1-13(7-10-4-6-16-9-10)8-11(14)12-3-2-5-15-12/h2-6,9H,7-8H2,1H3. The van der Waals surface area contributed by atoms with Gasteiger partial charge in [0.25, 0.3) is 0 Å². The van der Waals surface area contributed by atoms with E-state index in [0.29, 0.717) is 12.3 Å². The zero-order chi connectivity index (χ0) is 11.4. The lowest BCUT2D eigenvalue weighted by Gasteiger charge is -2.13. The molecule has 0 aromatic carbocycles. The highest BCUT2D eigenvalue weighted by atomic mass is 32.1. The first kappa shape index (κ1) is 11.1. The van der Waals surface area contributed by atoms with Gasteiger partial charge >= 0.3 is 0 Å². The second-order valence-corrected chi connectivity index (χ2v) is 4.48. The maximum absolute atomic E-state index is 11.7. The zero-order valence-corrected chi connectivity index (χ0v) is 9.87. The first-order valence-corrected chi connectivity index (χ1v) is 5.96. The Morgan fingerprint density at radius 3 is 3.00 bits per heavy atom. The van der Waals surface area contributed by atoms with E-state index in [-0.39, 0.29) is 5.78 Å². The third-order valence-corrected chi connectivity index (χ3v) is 2.97. The molecule has 0 bridgehead atoms. The number of hydrogen-bond donors (Lipinski definition) is 0. The van der Waals surface area contributed by atoms with Crippen molar-refractivity contribution in [1.29, 1.82) is 0 Å². The largest absolute Gasteiger partial charge is 0.461 e. The average molecular weight is 235 g/mol. The predicted molar refractivity (Wildman–Crippen MR) is 63.7 cm³/mol. The summed E-state index contributed by atoms with van der Waals surface area (Å²) in [5, 5.41) is 4.13. The second kappa shape index (κ2) is 5.09. The van der Waals surface area contributed by atoms with Gasteiger partial charge in [-0.25, -0.2) is 0 Å². The van der Waals surface area contributed by atoms with Crippen LogP contribution in [0.1, 0.15) is 16.1 Å². The van der Waals surface area contributed by atoms with Gasteiger partial charge in [0.05, 0.1) is 12.8 Å². The molecule has 16 heavy (non-hydrogen) atoms. The van der Waals surface area contributed by atoms with Gasteiger partial charge in [-0.15, -0.1) is 0 Å². The third kappa shape index (κ3) is 2.81. The zero-order valence-electron chi connectivity index (χ0n) is 9.05. The first-order valence-electron chi connectivity index (χ1n) is 5.02. The van der Waals surface area contributed by atoms with Crippen LogP contribution in [-0.2, 0) is 6.54 Å². The van der Waals surface area contributed by atoms with Crippen LogP contribution in [0.5, 0.6) is 0 Å². The molecule has 0 aliphatic rings. The number of carbonyl (C=O) groups excluding carboxylic acids is 1. The fourth-order valence-corrected chi connectivity index (χ4v) is 2.17. The normalized spacial score (nSPS) is 10.9. The van der Waals surface area contributed by atoms with Gasteiger partial charge in [-0.2, -0.15) is 11.3 Å². The summed E-state index contributed by atoms with van der Waals surface area (Å²) < 4.78 is 5.06. The van der Waals surface area contributed by atoms with Crippen molar-refractivity contribution in [3.8, 4) is 0 Å². The maximum Gasteiger partial charge on any atom is 0.211 e. The number of hydrogen-bond acceptors (Lipinski definition) is 4. The number of furan rings is 1. The number of ketones is 1. The van der Waals surface area contributed by atoms with Gasteiger partial charge in [-0.3, -0.25) is 9.69 Å². The fraction of sp³-hybridized carbons (Fsp3) is 0.250. The van der Waals surface area contributed by atoms with Gasteiger partial charge in [0.1, 0.15) is 0 Å². The Balaban J connectivity index is 1.88. The quantitative estimate of drug-likeness (QED) is 0.747. The molecule has 3 nitrogen and oxygen atoms in total. The molecule has 84 valence electrons. The molecule has 0 aliphatic carbocycles. The number of thiophene rings is 1. The van der Waals surface area contributed by atoms with E-state index in [1.165, 1.54) is 11.8 Å². The molecule has 0 radical (unpaired) electrons. The fourth-order valence-electron chi connectivity index (χ4n) is 1.51. The molecular formula is C12H13NO2S. The second-order valence-electron chi connectivity index (χ2n) is 3.70. The minimum Gasteiger partial charge on any atom is -0.461 e. The lowest BCUT2D eigenvalue weighted by atomic mass is 10.2. The molecule has 0 spiro atoms. The molecule has 0 unspecified atom stereocenters. The van der Waals surface area contributed by atoms with Crippen molar-refractivity contribution < 1.29 is 9.21 Å². The number of nitrogens with zero attached hydrogens (tertiary/aromatic N) is 1. The Hall–Kier alpha value is -1.39. The average Bonchev–Trinajstić information content (AvgIpc) is 2.88. The first-order chi connectivity index (χ1) is 7.75. The van der Waals surface area contributed by atoms with Crippen LogP contribution in [0.2, 0.25) is 0 Å². The van der Waals surface area contributed by atoms with E-state index >= 15 is 0 Å². The van der Waals surface area contributed by atoms with Gasteiger partial charge in [-0.1, -0.05) is 0 Å². The van der Waals surface area contributed by atoms with E-state index in [9.17, 15) is 4.79 Å². The van der Waals surface area contributed by atoms with Gasteiger partial charge in [0.15, 0.2) is 5.76 Å². The van der Waals surface area contributed by atoms with Crippen LogP contribution < -0.4 is 0 Å². The highest BCUT2D eigenvalue weighted by molar-refractivity contribution is 7.07. The lowest BCUT2D eigenvalue weighted by Crippen LogP contribution is -2.25. The van der Waals surface area contributed by atoms with Crippen LogP contribution in [0.4, 0.5) is 0 Å². The van der Waals surface area contributed by atoms with Crippen molar-refractivity contribution >= 4 is 17.1 Å². The summed E-state index contributed by atoms with van der Waals surface area (Å²) in [5.74, 6) is 0.444. The molecule has 0 atom stereocenters. The van der Waals surface area contributed by atoms with E-state index in [1.807, 2.05) is 17.3 Å². The topological polar surface area (TPSA) is 33.5 Å². The molecule has 2 aromatic rings. The summed E-state index contributed by atoms with van der Waals surface area (Å²) in [6, 6.07) is 5.49. The SMILES string of the molecule is CN(CC(=O)c1ccco1)Cc1ccsc1. The number of Topliss-reactive ketones (excluding diaryl/α,β-unsaturated/α-hetero) is 1. The molecule has 2 heterocycles. The summed E-state index contributed by atoms with van der Waals surface area (Å²) in [7, 11) is 1.93. The molecule has 0 amide bonds. The Labute approximate surface area is 98.3 Å². The molecule has 0 N–H and O–H groups in total. The van der Waals surface area contributed by atoms with Crippen LogP contribution in [0.3, 0.4) is 0 Å². The smallest absolute Gasteiger partial charge is 0.211 e. The highest BCUT2D eigenvalue weighted by Gasteiger charge is 2.11. The number of carbonyl (C=O) groups is 1. The van der Waals surface area contributed by atoms with Crippen molar-refractivity contribution in [2.45, 2.75) is 6.54 Å². The molecule has 2 aromatic heterocycles. The number of rotatable bonds is 5. The summed E-state index contributed by atoms with van der Waals surface area (Å²) in [6.07, 6.45) is 1.52. The lowest BCUT2D eigenvalue weighted by molar-refractivity contribution is 0.0915. The Kier molecular flexibility index (Phi) is 3.54. The Morgan fingerprint density at radius 2 is 2.38 bits per heavy atom. The van der Waals surface area contributed by atoms with Crippen LogP contribution in [0.15, 0.2) is 39.6 Å². The van der Waals surface area contributed by atoms with Crippen molar-refractivity contribution in [2.75, 3.05) is 13.6 Å². The van der Waals surface area contributed by atoms with Gasteiger partial charge in [0.2, 0.25) is 5.78 Å². The molecule has 0 fully saturated rings. The van der Waals surface area contributed by atoms with Crippen LogP contribution in [-0.4, -0.2) is 24.3 Å². The summed E-state index contributed by atoms with van der Waals surface area (Å²) in [6.45, 7) is 1.17. The Bertz CT molecular complexity index is 434. The molecule has 0 saturated carbocycles. The number of likely N-dealkylation sites (N-methyl/N-ethyl adjacent to an activating group) is 1. The van der Waals surface area contributed by atoms with Gasteiger partial charge < -0.3 is 4.42 Å².